The molecule has 2 atom stereocenters. The first kappa shape index (κ1) is 9.96. The van der Waals surface area contributed by atoms with Crippen molar-refractivity contribution in [1.29, 1.82) is 0 Å². The molecule has 0 spiro atoms. The molecule has 2 unspecified atom stereocenters. The van der Waals surface area contributed by atoms with E-state index >= 15 is 0 Å². The van der Waals surface area contributed by atoms with Crippen LogP contribution in [0.2, 0.25) is 0 Å². The first-order valence-electron chi connectivity index (χ1n) is 4.46. The third kappa shape index (κ3) is 3.21. The summed E-state index contributed by atoms with van der Waals surface area (Å²) < 4.78 is 0. The van der Waals surface area contributed by atoms with E-state index in [0.29, 0.717) is 0 Å². The van der Waals surface area contributed by atoms with Gasteiger partial charge in [-0.05, 0) is 18.4 Å². The molecule has 2 N–H and O–H groups in total. The molecule has 0 aromatic carbocycles. The first-order chi connectivity index (χ1) is 4.76. The maximum absolute atomic E-state index is 5.61. The van der Waals surface area contributed by atoms with Crippen LogP contribution in [-0.4, -0.2) is 6.54 Å². The molecule has 0 amide bonds. The van der Waals surface area contributed by atoms with Gasteiger partial charge in [-0.1, -0.05) is 40.0 Å². The van der Waals surface area contributed by atoms with Gasteiger partial charge in [0, 0.05) is 0 Å². The van der Waals surface area contributed by atoms with Crippen LogP contribution in [0.25, 0.3) is 0 Å². The molecular formula is C9H21N. The Labute approximate surface area is 65.0 Å². The molecule has 0 bridgehead atoms. The minimum absolute atomic E-state index is 0.750. The van der Waals surface area contributed by atoms with Gasteiger partial charge < -0.3 is 5.73 Å². The van der Waals surface area contributed by atoms with Gasteiger partial charge >= 0.3 is 0 Å². The van der Waals surface area contributed by atoms with Crippen molar-refractivity contribution in [1.82, 2.24) is 0 Å². The predicted octanol–water partition coefficient (Wildman–Crippen LogP) is 2.41. The Morgan fingerprint density at radius 2 is 1.90 bits per heavy atom. The monoisotopic (exact) mass is 143 g/mol. The fourth-order valence-electron chi connectivity index (χ4n) is 1.49. The van der Waals surface area contributed by atoms with E-state index in [4.69, 9.17) is 5.73 Å². The zero-order valence-electron chi connectivity index (χ0n) is 7.56. The van der Waals surface area contributed by atoms with Gasteiger partial charge in [0.15, 0.2) is 0 Å². The highest BCUT2D eigenvalue weighted by Gasteiger charge is 2.11. The van der Waals surface area contributed by atoms with Crippen molar-refractivity contribution < 1.29 is 0 Å². The van der Waals surface area contributed by atoms with E-state index in [1.54, 1.807) is 0 Å². The average molecular weight is 143 g/mol. The van der Waals surface area contributed by atoms with E-state index in [2.05, 4.69) is 20.8 Å². The molecule has 0 radical (unpaired) electrons. The molecule has 0 heterocycles. The fraction of sp³-hybridized carbons (Fsp3) is 1.00. The topological polar surface area (TPSA) is 26.0 Å². The van der Waals surface area contributed by atoms with E-state index in [1.807, 2.05) is 0 Å². The highest BCUT2D eigenvalue weighted by Crippen LogP contribution is 2.18. The lowest BCUT2D eigenvalue weighted by Crippen LogP contribution is -2.20. The van der Waals surface area contributed by atoms with Gasteiger partial charge in [0.25, 0.3) is 0 Å². The second kappa shape index (κ2) is 5.72. The second-order valence-electron chi connectivity index (χ2n) is 3.17. The summed E-state index contributed by atoms with van der Waals surface area (Å²) >= 11 is 0. The average Bonchev–Trinajstić information content (AvgIpc) is 1.91. The molecule has 10 heavy (non-hydrogen) atoms. The number of nitrogens with two attached hydrogens (primary N) is 1. The van der Waals surface area contributed by atoms with Crippen LogP contribution in [0.5, 0.6) is 0 Å². The van der Waals surface area contributed by atoms with Gasteiger partial charge in [-0.25, -0.2) is 0 Å². The SMILES string of the molecule is CCCC(C)C(CC)CN. The van der Waals surface area contributed by atoms with Crippen LogP contribution < -0.4 is 5.73 Å². The summed E-state index contributed by atoms with van der Waals surface area (Å²) in [6.45, 7) is 7.63. The molecular weight excluding hydrogens is 122 g/mol. The largest absolute Gasteiger partial charge is 0.330 e. The van der Waals surface area contributed by atoms with Crippen LogP contribution in [0.1, 0.15) is 40.0 Å². The van der Waals surface area contributed by atoms with Crippen molar-refractivity contribution in [2.24, 2.45) is 17.6 Å². The standard InChI is InChI=1S/C9H21N/c1-4-6-8(3)9(5-2)7-10/h8-9H,4-7,10H2,1-3H3. The van der Waals surface area contributed by atoms with Gasteiger partial charge in [0.2, 0.25) is 0 Å². The molecule has 62 valence electrons. The Morgan fingerprint density at radius 3 is 2.20 bits per heavy atom. The molecule has 0 saturated heterocycles. The van der Waals surface area contributed by atoms with E-state index in [-0.39, 0.29) is 0 Å². The van der Waals surface area contributed by atoms with Crippen molar-refractivity contribution in [2.75, 3.05) is 6.54 Å². The third-order valence-electron chi connectivity index (χ3n) is 2.38. The van der Waals surface area contributed by atoms with Gasteiger partial charge in [-0.2, -0.15) is 0 Å². The van der Waals surface area contributed by atoms with E-state index in [1.165, 1.54) is 19.3 Å². The first-order valence-corrected chi connectivity index (χ1v) is 4.46. The van der Waals surface area contributed by atoms with Crippen molar-refractivity contribution in [2.45, 2.75) is 40.0 Å². The lowest BCUT2D eigenvalue weighted by molar-refractivity contribution is 0.333. The number of rotatable bonds is 5. The lowest BCUT2D eigenvalue weighted by Gasteiger charge is -2.19. The van der Waals surface area contributed by atoms with E-state index in [0.717, 1.165) is 18.4 Å². The summed E-state index contributed by atoms with van der Waals surface area (Å²) in [5, 5.41) is 0. The Hall–Kier alpha value is -0.0400. The molecule has 0 saturated carbocycles. The van der Waals surface area contributed by atoms with Gasteiger partial charge in [-0.3, -0.25) is 0 Å². The smallest absolute Gasteiger partial charge is 0.00464 e. The minimum atomic E-state index is 0.750. The Bertz CT molecular complexity index is 67.1. The highest BCUT2D eigenvalue weighted by atomic mass is 14.5. The zero-order chi connectivity index (χ0) is 7.98. The summed E-state index contributed by atoms with van der Waals surface area (Å²) in [5.41, 5.74) is 5.61. The second-order valence-corrected chi connectivity index (χ2v) is 3.17. The minimum Gasteiger partial charge on any atom is -0.330 e. The van der Waals surface area contributed by atoms with E-state index in [9.17, 15) is 0 Å². The van der Waals surface area contributed by atoms with Crippen molar-refractivity contribution >= 4 is 0 Å². The molecule has 0 aliphatic heterocycles. The third-order valence-corrected chi connectivity index (χ3v) is 2.38. The van der Waals surface area contributed by atoms with Crippen LogP contribution in [0, 0.1) is 11.8 Å². The summed E-state index contributed by atoms with van der Waals surface area (Å²) in [6.07, 6.45) is 3.85. The Morgan fingerprint density at radius 1 is 1.30 bits per heavy atom. The van der Waals surface area contributed by atoms with Crippen LogP contribution in [0.3, 0.4) is 0 Å². The molecule has 0 aromatic heterocycles. The normalized spacial score (nSPS) is 16.8. The molecule has 0 aromatic rings. The molecule has 0 rings (SSSR count). The Balaban J connectivity index is 3.53. The van der Waals surface area contributed by atoms with Crippen molar-refractivity contribution in [3.05, 3.63) is 0 Å². The number of hydrogen-bond donors (Lipinski definition) is 1. The zero-order valence-corrected chi connectivity index (χ0v) is 7.56. The summed E-state index contributed by atoms with van der Waals surface area (Å²) in [4.78, 5) is 0. The van der Waals surface area contributed by atoms with Crippen LogP contribution in [0.15, 0.2) is 0 Å². The molecule has 0 aliphatic carbocycles. The fourth-order valence-corrected chi connectivity index (χ4v) is 1.49. The Kier molecular flexibility index (Phi) is 5.70. The summed E-state index contributed by atoms with van der Waals surface area (Å²) in [7, 11) is 0. The molecule has 1 heteroatoms. The predicted molar refractivity (Wildman–Crippen MR) is 46.9 cm³/mol. The molecule has 0 aliphatic rings. The van der Waals surface area contributed by atoms with Gasteiger partial charge in [-0.15, -0.1) is 0 Å². The lowest BCUT2D eigenvalue weighted by atomic mass is 9.88. The maximum atomic E-state index is 5.61. The van der Waals surface area contributed by atoms with Gasteiger partial charge in [0.1, 0.15) is 0 Å². The van der Waals surface area contributed by atoms with E-state index < -0.39 is 0 Å². The highest BCUT2D eigenvalue weighted by molar-refractivity contribution is 4.64. The van der Waals surface area contributed by atoms with Crippen LogP contribution in [0.4, 0.5) is 0 Å². The molecule has 1 nitrogen and oxygen atoms in total. The quantitative estimate of drug-likeness (QED) is 0.628. The van der Waals surface area contributed by atoms with Crippen molar-refractivity contribution in [3.63, 3.8) is 0 Å². The number of hydrogen-bond acceptors (Lipinski definition) is 1. The molecule has 0 fully saturated rings. The summed E-state index contributed by atoms with van der Waals surface area (Å²) in [5.74, 6) is 1.57. The maximum Gasteiger partial charge on any atom is -0.00464 e. The summed E-state index contributed by atoms with van der Waals surface area (Å²) in [6, 6.07) is 0. The van der Waals surface area contributed by atoms with Crippen LogP contribution in [-0.2, 0) is 0 Å². The van der Waals surface area contributed by atoms with Gasteiger partial charge in [0.05, 0.1) is 0 Å². The van der Waals surface area contributed by atoms with Crippen molar-refractivity contribution in [3.8, 4) is 0 Å². The van der Waals surface area contributed by atoms with Crippen LogP contribution >= 0.6 is 0 Å².